The first-order valence-corrected chi connectivity index (χ1v) is 6.90. The summed E-state index contributed by atoms with van der Waals surface area (Å²) in [4.78, 5) is 4.16. The number of aryl methyl sites for hydroxylation is 1. The van der Waals surface area contributed by atoms with Gasteiger partial charge in [0, 0.05) is 24.5 Å². The molecule has 0 saturated carbocycles. The van der Waals surface area contributed by atoms with Gasteiger partial charge < -0.3 is 5.32 Å². The summed E-state index contributed by atoms with van der Waals surface area (Å²) in [6, 6.07) is 10.5. The molecule has 102 valence electrons. The van der Waals surface area contributed by atoms with Gasteiger partial charge in [-0.1, -0.05) is 30.7 Å². The molecule has 20 heavy (non-hydrogen) atoms. The third kappa shape index (κ3) is 3.43. The number of benzene rings is 1. The van der Waals surface area contributed by atoms with E-state index in [0.29, 0.717) is 5.56 Å². The SMILES string of the molecule is CCCNCc1ccc(C)cc1-c1cncc(C#N)c1. The van der Waals surface area contributed by atoms with E-state index in [-0.39, 0.29) is 0 Å². The van der Waals surface area contributed by atoms with Crippen molar-refractivity contribution in [1.29, 1.82) is 5.26 Å². The van der Waals surface area contributed by atoms with E-state index < -0.39 is 0 Å². The molecule has 0 atom stereocenters. The summed E-state index contributed by atoms with van der Waals surface area (Å²) in [5.74, 6) is 0. The maximum Gasteiger partial charge on any atom is 0.101 e. The van der Waals surface area contributed by atoms with Crippen LogP contribution in [0.4, 0.5) is 0 Å². The lowest BCUT2D eigenvalue weighted by molar-refractivity contribution is 0.676. The fraction of sp³-hybridized carbons (Fsp3) is 0.294. The zero-order valence-corrected chi connectivity index (χ0v) is 12.0. The van der Waals surface area contributed by atoms with E-state index in [4.69, 9.17) is 5.26 Å². The van der Waals surface area contributed by atoms with Crippen LogP contribution in [0, 0.1) is 18.3 Å². The van der Waals surface area contributed by atoms with E-state index in [1.165, 1.54) is 11.1 Å². The van der Waals surface area contributed by atoms with Crippen molar-refractivity contribution in [3.63, 3.8) is 0 Å². The van der Waals surface area contributed by atoms with Gasteiger partial charge in [-0.25, -0.2) is 0 Å². The molecule has 2 rings (SSSR count). The Labute approximate surface area is 120 Å². The van der Waals surface area contributed by atoms with Crippen LogP contribution < -0.4 is 5.32 Å². The average Bonchev–Trinajstić information content (AvgIpc) is 2.49. The van der Waals surface area contributed by atoms with E-state index in [9.17, 15) is 0 Å². The number of aromatic nitrogens is 1. The molecule has 1 aromatic carbocycles. The minimum atomic E-state index is 0.594. The lowest BCUT2D eigenvalue weighted by Crippen LogP contribution is -2.14. The molecule has 0 aliphatic heterocycles. The molecule has 0 aliphatic rings. The number of hydrogen-bond acceptors (Lipinski definition) is 3. The zero-order valence-electron chi connectivity index (χ0n) is 12.0. The molecule has 0 spiro atoms. The van der Waals surface area contributed by atoms with Crippen LogP contribution in [0.3, 0.4) is 0 Å². The average molecular weight is 265 g/mol. The van der Waals surface area contributed by atoms with Crippen LogP contribution in [0.2, 0.25) is 0 Å². The van der Waals surface area contributed by atoms with Crippen molar-refractivity contribution in [2.45, 2.75) is 26.8 Å². The molecule has 1 aromatic heterocycles. The molecular formula is C17H19N3. The molecule has 0 aliphatic carbocycles. The van der Waals surface area contributed by atoms with Crippen LogP contribution in [-0.2, 0) is 6.54 Å². The van der Waals surface area contributed by atoms with Gasteiger partial charge in [-0.3, -0.25) is 4.98 Å². The van der Waals surface area contributed by atoms with Gasteiger partial charge in [-0.15, -0.1) is 0 Å². The topological polar surface area (TPSA) is 48.7 Å². The Morgan fingerprint density at radius 3 is 2.85 bits per heavy atom. The Morgan fingerprint density at radius 1 is 1.25 bits per heavy atom. The Bertz CT molecular complexity index is 626. The first kappa shape index (κ1) is 14.2. The monoisotopic (exact) mass is 265 g/mol. The summed E-state index contributed by atoms with van der Waals surface area (Å²) in [6.07, 6.45) is 4.53. The third-order valence-electron chi connectivity index (χ3n) is 3.19. The predicted molar refractivity (Wildman–Crippen MR) is 81.1 cm³/mol. The summed E-state index contributed by atoms with van der Waals surface area (Å²) < 4.78 is 0. The minimum Gasteiger partial charge on any atom is -0.313 e. The van der Waals surface area contributed by atoms with Crippen molar-refractivity contribution in [1.82, 2.24) is 10.3 Å². The normalized spacial score (nSPS) is 10.2. The summed E-state index contributed by atoms with van der Waals surface area (Å²) in [7, 11) is 0. The maximum absolute atomic E-state index is 9.00. The first-order chi connectivity index (χ1) is 9.74. The predicted octanol–water partition coefficient (Wildman–Crippen LogP) is 3.43. The molecule has 1 heterocycles. The fourth-order valence-corrected chi connectivity index (χ4v) is 2.16. The van der Waals surface area contributed by atoms with Gasteiger partial charge in [0.25, 0.3) is 0 Å². The smallest absolute Gasteiger partial charge is 0.101 e. The molecule has 0 unspecified atom stereocenters. The van der Waals surface area contributed by atoms with Gasteiger partial charge in [-0.05, 0) is 37.1 Å². The van der Waals surface area contributed by atoms with Crippen molar-refractivity contribution >= 4 is 0 Å². The summed E-state index contributed by atoms with van der Waals surface area (Å²) >= 11 is 0. The highest BCUT2D eigenvalue weighted by atomic mass is 14.8. The summed E-state index contributed by atoms with van der Waals surface area (Å²) in [5, 5.41) is 12.4. The molecule has 0 bridgehead atoms. The Morgan fingerprint density at radius 2 is 2.10 bits per heavy atom. The van der Waals surface area contributed by atoms with Crippen molar-refractivity contribution in [3.05, 3.63) is 53.3 Å². The van der Waals surface area contributed by atoms with Gasteiger partial charge in [0.2, 0.25) is 0 Å². The second-order valence-electron chi connectivity index (χ2n) is 4.91. The van der Waals surface area contributed by atoms with E-state index in [1.54, 1.807) is 6.20 Å². The molecule has 2 aromatic rings. The molecule has 0 amide bonds. The molecule has 3 nitrogen and oxygen atoms in total. The summed E-state index contributed by atoms with van der Waals surface area (Å²) in [6.45, 7) is 6.07. The van der Waals surface area contributed by atoms with Gasteiger partial charge >= 0.3 is 0 Å². The third-order valence-corrected chi connectivity index (χ3v) is 3.19. The number of nitrogens with zero attached hydrogens (tertiary/aromatic N) is 2. The van der Waals surface area contributed by atoms with E-state index in [1.807, 2.05) is 12.3 Å². The highest BCUT2D eigenvalue weighted by Crippen LogP contribution is 2.25. The minimum absolute atomic E-state index is 0.594. The van der Waals surface area contributed by atoms with Crippen molar-refractivity contribution in [3.8, 4) is 17.2 Å². The molecule has 3 heteroatoms. The lowest BCUT2D eigenvalue weighted by Gasteiger charge is -2.12. The van der Waals surface area contributed by atoms with Crippen LogP contribution >= 0.6 is 0 Å². The Hall–Kier alpha value is -2.18. The Kier molecular flexibility index (Phi) is 4.86. The van der Waals surface area contributed by atoms with Gasteiger partial charge in [-0.2, -0.15) is 5.26 Å². The lowest BCUT2D eigenvalue weighted by atomic mass is 9.98. The van der Waals surface area contributed by atoms with Crippen molar-refractivity contribution in [2.75, 3.05) is 6.54 Å². The second kappa shape index (κ2) is 6.83. The second-order valence-corrected chi connectivity index (χ2v) is 4.91. The molecule has 0 radical (unpaired) electrons. The van der Waals surface area contributed by atoms with Gasteiger partial charge in [0.1, 0.15) is 6.07 Å². The van der Waals surface area contributed by atoms with Crippen LogP contribution in [0.5, 0.6) is 0 Å². The molecule has 1 N–H and O–H groups in total. The van der Waals surface area contributed by atoms with Gasteiger partial charge in [0.05, 0.1) is 5.56 Å². The number of nitriles is 1. The first-order valence-electron chi connectivity index (χ1n) is 6.90. The zero-order chi connectivity index (χ0) is 14.4. The number of nitrogens with one attached hydrogen (secondary N) is 1. The van der Waals surface area contributed by atoms with Crippen LogP contribution in [-0.4, -0.2) is 11.5 Å². The highest BCUT2D eigenvalue weighted by Gasteiger charge is 2.07. The van der Waals surface area contributed by atoms with E-state index in [2.05, 4.69) is 48.4 Å². The number of pyridine rings is 1. The molecule has 0 saturated heterocycles. The fourth-order valence-electron chi connectivity index (χ4n) is 2.16. The van der Waals surface area contributed by atoms with Crippen LogP contribution in [0.15, 0.2) is 36.7 Å². The number of hydrogen-bond donors (Lipinski definition) is 1. The molecule has 0 fully saturated rings. The van der Waals surface area contributed by atoms with E-state index >= 15 is 0 Å². The van der Waals surface area contributed by atoms with Crippen molar-refractivity contribution < 1.29 is 0 Å². The standard InChI is InChI=1S/C17H19N3/c1-3-6-19-11-15-5-4-13(2)7-17(15)16-8-14(9-18)10-20-12-16/h4-5,7-8,10,12,19H,3,6,11H2,1-2H3. The quantitative estimate of drug-likeness (QED) is 0.843. The maximum atomic E-state index is 9.00. The van der Waals surface area contributed by atoms with Crippen molar-refractivity contribution in [2.24, 2.45) is 0 Å². The highest BCUT2D eigenvalue weighted by molar-refractivity contribution is 5.68. The van der Waals surface area contributed by atoms with Crippen LogP contribution in [0.1, 0.15) is 30.0 Å². The van der Waals surface area contributed by atoms with Gasteiger partial charge in [0.15, 0.2) is 0 Å². The van der Waals surface area contributed by atoms with Crippen LogP contribution in [0.25, 0.3) is 11.1 Å². The summed E-state index contributed by atoms with van der Waals surface area (Å²) in [5.41, 5.74) is 5.19. The van der Waals surface area contributed by atoms with E-state index in [0.717, 1.165) is 30.6 Å². The Balaban J connectivity index is 2.37. The largest absolute Gasteiger partial charge is 0.313 e. The number of rotatable bonds is 5. The molecular weight excluding hydrogens is 246 g/mol.